The molecule has 186 valence electrons. The molecule has 1 N–H and O–H groups in total. The Morgan fingerprint density at radius 2 is 1.65 bits per heavy atom. The van der Waals surface area contributed by atoms with Gasteiger partial charge in [0.2, 0.25) is 5.91 Å². The maximum atomic E-state index is 13.5. The highest BCUT2D eigenvalue weighted by Gasteiger charge is 2.51. The number of hydrogen-bond donors (Lipinski definition) is 1. The second-order valence-electron chi connectivity index (χ2n) is 10.5. The molecule has 1 aliphatic carbocycles. The number of carbonyl (C=O) groups is 2. The van der Waals surface area contributed by atoms with Gasteiger partial charge in [-0.05, 0) is 69.2 Å². The summed E-state index contributed by atoms with van der Waals surface area (Å²) >= 11 is 0. The molecule has 3 heterocycles. The van der Waals surface area contributed by atoms with Crippen LogP contribution in [0.2, 0.25) is 0 Å². The predicted molar refractivity (Wildman–Crippen MR) is 130 cm³/mol. The number of urea groups is 1. The predicted octanol–water partition coefficient (Wildman–Crippen LogP) is 2.56. The van der Waals surface area contributed by atoms with Crippen LogP contribution < -0.4 is 9.64 Å². The highest BCUT2D eigenvalue weighted by Crippen LogP contribution is 2.42. The van der Waals surface area contributed by atoms with E-state index in [1.165, 1.54) is 0 Å². The van der Waals surface area contributed by atoms with Crippen molar-refractivity contribution in [3.63, 3.8) is 0 Å². The molecular weight excluding hydrogens is 432 g/mol. The Balaban J connectivity index is 1.17. The van der Waals surface area contributed by atoms with E-state index in [0.717, 1.165) is 82.6 Å². The maximum absolute atomic E-state index is 13.5. The van der Waals surface area contributed by atoms with Crippen LogP contribution in [0.5, 0.6) is 5.75 Å². The van der Waals surface area contributed by atoms with Crippen molar-refractivity contribution in [1.82, 2.24) is 14.7 Å². The van der Waals surface area contributed by atoms with E-state index in [0.29, 0.717) is 19.6 Å². The quantitative estimate of drug-likeness (QED) is 0.735. The van der Waals surface area contributed by atoms with Crippen LogP contribution in [0, 0.1) is 5.41 Å². The molecule has 5 rings (SSSR count). The number of hydrogen-bond acceptors (Lipinski definition) is 5. The van der Waals surface area contributed by atoms with Gasteiger partial charge in [-0.3, -0.25) is 4.79 Å². The molecule has 0 aromatic heterocycles. The number of likely N-dealkylation sites (tertiary alicyclic amines) is 2. The van der Waals surface area contributed by atoms with E-state index < -0.39 is 5.41 Å². The third-order valence-corrected chi connectivity index (χ3v) is 8.49. The van der Waals surface area contributed by atoms with Crippen molar-refractivity contribution in [1.29, 1.82) is 0 Å². The Morgan fingerprint density at radius 3 is 2.32 bits per heavy atom. The van der Waals surface area contributed by atoms with Gasteiger partial charge in [0.05, 0.1) is 18.6 Å². The van der Waals surface area contributed by atoms with Gasteiger partial charge >= 0.3 is 6.03 Å². The van der Waals surface area contributed by atoms with Crippen molar-refractivity contribution in [3.8, 4) is 5.75 Å². The Labute approximate surface area is 202 Å². The van der Waals surface area contributed by atoms with Gasteiger partial charge in [-0.1, -0.05) is 0 Å². The van der Waals surface area contributed by atoms with Crippen LogP contribution in [0.1, 0.15) is 44.9 Å². The molecule has 1 saturated carbocycles. The Morgan fingerprint density at radius 1 is 0.941 bits per heavy atom. The highest BCUT2D eigenvalue weighted by atomic mass is 16.5. The summed E-state index contributed by atoms with van der Waals surface area (Å²) in [4.78, 5) is 35.2. The lowest BCUT2D eigenvalue weighted by Gasteiger charge is -2.43. The molecule has 1 aromatic carbocycles. The molecular formula is C26H38N4O4. The second kappa shape index (κ2) is 9.64. The van der Waals surface area contributed by atoms with Crippen LogP contribution >= 0.6 is 0 Å². The van der Waals surface area contributed by atoms with Crippen molar-refractivity contribution in [2.24, 2.45) is 5.41 Å². The SMILES string of the molecule is COc1ccc(N2CCN(C(=O)N3CCC[C@@]4(CCN(C5CCC(O)CC5)C4=O)C3)CC2)cc1. The van der Waals surface area contributed by atoms with E-state index in [-0.39, 0.29) is 24.1 Å². The van der Waals surface area contributed by atoms with Crippen LogP contribution in [0.25, 0.3) is 0 Å². The molecule has 4 aliphatic rings. The minimum Gasteiger partial charge on any atom is -0.497 e. The first-order valence-electron chi connectivity index (χ1n) is 12.9. The summed E-state index contributed by atoms with van der Waals surface area (Å²) < 4.78 is 5.25. The van der Waals surface area contributed by atoms with E-state index in [2.05, 4.69) is 21.9 Å². The Bertz CT molecular complexity index is 877. The fourth-order valence-electron chi connectivity index (χ4n) is 6.39. The summed E-state index contributed by atoms with van der Waals surface area (Å²) in [6, 6.07) is 8.41. The number of methoxy groups -OCH3 is 1. The zero-order valence-corrected chi connectivity index (χ0v) is 20.3. The van der Waals surface area contributed by atoms with Crippen LogP contribution in [0.3, 0.4) is 0 Å². The van der Waals surface area contributed by atoms with Gasteiger partial charge < -0.3 is 29.4 Å². The van der Waals surface area contributed by atoms with Crippen LogP contribution in [0.4, 0.5) is 10.5 Å². The van der Waals surface area contributed by atoms with Gasteiger partial charge in [0.15, 0.2) is 0 Å². The number of anilines is 1. The van der Waals surface area contributed by atoms with Gasteiger partial charge in [-0.25, -0.2) is 4.79 Å². The number of aliphatic hydroxyl groups is 1. The summed E-state index contributed by atoms with van der Waals surface area (Å²) in [5.74, 6) is 1.09. The average Bonchev–Trinajstić information content (AvgIpc) is 3.19. The van der Waals surface area contributed by atoms with Crippen molar-refractivity contribution < 1.29 is 19.4 Å². The molecule has 1 spiro atoms. The van der Waals surface area contributed by atoms with Gasteiger partial charge in [-0.15, -0.1) is 0 Å². The van der Waals surface area contributed by atoms with Gasteiger partial charge in [-0.2, -0.15) is 0 Å². The summed E-state index contributed by atoms with van der Waals surface area (Å²) in [5.41, 5.74) is 0.742. The molecule has 3 aliphatic heterocycles. The fraction of sp³-hybridized carbons (Fsp3) is 0.692. The fourth-order valence-corrected chi connectivity index (χ4v) is 6.39. The number of carbonyl (C=O) groups excluding carboxylic acids is 2. The van der Waals surface area contributed by atoms with Gasteiger partial charge in [0, 0.05) is 57.5 Å². The summed E-state index contributed by atoms with van der Waals surface area (Å²) in [5, 5.41) is 9.84. The number of rotatable bonds is 3. The first-order chi connectivity index (χ1) is 16.5. The minimum atomic E-state index is -0.408. The largest absolute Gasteiger partial charge is 0.497 e. The molecule has 0 radical (unpaired) electrons. The number of amides is 3. The first-order valence-corrected chi connectivity index (χ1v) is 12.9. The normalized spacial score (nSPS) is 30.2. The van der Waals surface area contributed by atoms with Gasteiger partial charge in [0.25, 0.3) is 0 Å². The summed E-state index contributed by atoms with van der Waals surface area (Å²) in [7, 11) is 1.67. The number of ether oxygens (including phenoxy) is 1. The van der Waals surface area contributed by atoms with E-state index in [9.17, 15) is 14.7 Å². The van der Waals surface area contributed by atoms with Crippen molar-refractivity contribution in [2.75, 3.05) is 57.8 Å². The topological polar surface area (TPSA) is 76.6 Å². The molecule has 3 amide bonds. The molecule has 0 unspecified atom stereocenters. The lowest BCUT2D eigenvalue weighted by molar-refractivity contribution is -0.141. The molecule has 4 fully saturated rings. The summed E-state index contributed by atoms with van der Waals surface area (Å²) in [6.07, 6.45) is 5.76. The highest BCUT2D eigenvalue weighted by molar-refractivity contribution is 5.86. The van der Waals surface area contributed by atoms with E-state index in [1.807, 2.05) is 21.9 Å². The number of piperazine rings is 1. The van der Waals surface area contributed by atoms with E-state index in [4.69, 9.17) is 4.74 Å². The second-order valence-corrected chi connectivity index (χ2v) is 10.5. The molecule has 1 atom stereocenters. The van der Waals surface area contributed by atoms with Crippen molar-refractivity contribution in [2.45, 2.75) is 57.1 Å². The Kier molecular flexibility index (Phi) is 6.60. The zero-order chi connectivity index (χ0) is 23.7. The number of aliphatic hydroxyl groups excluding tert-OH is 1. The first kappa shape index (κ1) is 23.3. The van der Waals surface area contributed by atoms with Crippen molar-refractivity contribution >= 4 is 17.6 Å². The molecule has 8 nitrogen and oxygen atoms in total. The molecule has 8 heteroatoms. The lowest BCUT2D eigenvalue weighted by atomic mass is 9.78. The standard InChI is InChI=1S/C26H38N4O4/c1-34-23-9-5-20(6-10-23)27-15-17-28(18-16-27)25(33)29-13-2-11-26(19-29)12-14-30(24(26)32)21-3-7-22(31)8-4-21/h5-6,9-10,21-22,31H,2-4,7-8,11-19H2,1H3/t21?,22?,26-/m1/s1. The van der Waals surface area contributed by atoms with Crippen molar-refractivity contribution in [3.05, 3.63) is 24.3 Å². The lowest BCUT2D eigenvalue weighted by Crippen LogP contribution is -2.57. The van der Waals surface area contributed by atoms with Crippen LogP contribution in [-0.2, 0) is 4.79 Å². The maximum Gasteiger partial charge on any atom is 0.320 e. The smallest absolute Gasteiger partial charge is 0.320 e. The average molecular weight is 471 g/mol. The van der Waals surface area contributed by atoms with Crippen LogP contribution in [0.15, 0.2) is 24.3 Å². The molecule has 0 bridgehead atoms. The third-order valence-electron chi connectivity index (χ3n) is 8.49. The third kappa shape index (κ3) is 4.44. The Hall–Kier alpha value is -2.48. The van der Waals surface area contributed by atoms with E-state index >= 15 is 0 Å². The molecule has 34 heavy (non-hydrogen) atoms. The summed E-state index contributed by atoms with van der Waals surface area (Å²) in [6.45, 7) is 5.08. The monoisotopic (exact) mass is 470 g/mol. The number of benzene rings is 1. The van der Waals surface area contributed by atoms with Crippen LogP contribution in [-0.4, -0.2) is 96.8 Å². The number of nitrogens with zero attached hydrogens (tertiary/aromatic N) is 4. The molecule has 3 saturated heterocycles. The zero-order valence-electron chi connectivity index (χ0n) is 20.3. The number of piperidine rings is 1. The van der Waals surface area contributed by atoms with E-state index in [1.54, 1.807) is 7.11 Å². The van der Waals surface area contributed by atoms with Gasteiger partial charge in [0.1, 0.15) is 5.75 Å². The minimum absolute atomic E-state index is 0.0838. The molecule has 1 aromatic rings.